The Labute approximate surface area is 54.4 Å². The Bertz CT molecular complexity index is 79.6. The van der Waals surface area contributed by atoms with Crippen molar-refractivity contribution in [3.8, 4) is 0 Å². The predicted octanol–water partition coefficient (Wildman–Crippen LogP) is 0.393. The Balaban J connectivity index is 3.79. The van der Waals surface area contributed by atoms with Crippen LogP contribution in [0.15, 0.2) is 0 Å². The molecule has 0 saturated heterocycles. The third-order valence-corrected chi connectivity index (χ3v) is 1.92. The van der Waals surface area contributed by atoms with Gasteiger partial charge in [0.1, 0.15) is 0 Å². The van der Waals surface area contributed by atoms with Crippen LogP contribution in [0, 0.1) is 0 Å². The van der Waals surface area contributed by atoms with E-state index in [4.69, 9.17) is 0 Å². The highest BCUT2D eigenvalue weighted by molar-refractivity contribution is 7.93. The van der Waals surface area contributed by atoms with Crippen molar-refractivity contribution in [3.05, 3.63) is 0 Å². The zero-order valence-electron chi connectivity index (χ0n) is 5.04. The molecule has 2 N–H and O–H groups in total. The summed E-state index contributed by atoms with van der Waals surface area (Å²) >= 11 is -1.86. The molecule has 56 valence electrons. The van der Waals surface area contributed by atoms with Crippen molar-refractivity contribution in [1.82, 2.24) is 9.44 Å². The molecule has 0 saturated carbocycles. The Morgan fingerprint density at radius 2 is 1.44 bits per heavy atom. The first kappa shape index (κ1) is 9.06. The molecule has 6 heteroatoms. The van der Waals surface area contributed by atoms with Gasteiger partial charge in [-0.2, -0.15) is 0 Å². The minimum Gasteiger partial charge on any atom is -0.119 e. The van der Waals surface area contributed by atoms with Crippen LogP contribution < -0.4 is 9.44 Å². The molecule has 2 nitrogen and oxygen atoms in total. The molecule has 0 amide bonds. The normalized spacial score (nSPS) is 12.7. The van der Waals surface area contributed by atoms with Gasteiger partial charge in [-0.3, -0.25) is 0 Å². The second-order valence-corrected chi connectivity index (χ2v) is 3.05. The summed E-state index contributed by atoms with van der Waals surface area (Å²) in [6.45, 7) is 0. The average Bonchev–Trinajstić information content (AvgIpc) is 1.65. The van der Waals surface area contributed by atoms with Gasteiger partial charge in [-0.25, -0.2) is 0 Å². The Hall–Kier alpha value is 0.0600. The standard InChI is InChI=1S/C3H7F3N2S/c1-7-9(8-2)3(4,5)6/h1-2H3,(H,7,8)/p+1. The third kappa shape index (κ3) is 2.92. The summed E-state index contributed by atoms with van der Waals surface area (Å²) in [6.07, 6.45) is 0. The van der Waals surface area contributed by atoms with Crippen LogP contribution in [0.2, 0.25) is 0 Å². The van der Waals surface area contributed by atoms with E-state index < -0.39 is 16.8 Å². The topological polar surface area (TPSA) is 24.1 Å². The van der Waals surface area contributed by atoms with Crippen molar-refractivity contribution >= 4 is 11.3 Å². The third-order valence-electron chi connectivity index (χ3n) is 0.640. The maximum atomic E-state index is 11.6. The van der Waals surface area contributed by atoms with Crippen LogP contribution in [0.5, 0.6) is 0 Å². The van der Waals surface area contributed by atoms with Gasteiger partial charge in [-0.15, -0.1) is 22.6 Å². The van der Waals surface area contributed by atoms with Gasteiger partial charge < -0.3 is 0 Å². The lowest BCUT2D eigenvalue weighted by Gasteiger charge is -2.03. The highest BCUT2D eigenvalue weighted by Gasteiger charge is 2.51. The number of hydrogen-bond acceptors (Lipinski definition) is 2. The molecule has 9 heavy (non-hydrogen) atoms. The quantitative estimate of drug-likeness (QED) is 0.572. The minimum atomic E-state index is -4.18. The van der Waals surface area contributed by atoms with E-state index in [0.29, 0.717) is 0 Å². The molecule has 0 bridgehead atoms. The summed E-state index contributed by atoms with van der Waals surface area (Å²) in [7, 11) is 2.51. The van der Waals surface area contributed by atoms with Gasteiger partial charge in [-0.1, -0.05) is 0 Å². The van der Waals surface area contributed by atoms with Crippen LogP contribution in [0.3, 0.4) is 0 Å². The smallest absolute Gasteiger partial charge is 0.119 e. The fourth-order valence-electron chi connectivity index (χ4n) is 0.334. The highest BCUT2D eigenvalue weighted by Crippen LogP contribution is 2.20. The molecule has 0 unspecified atom stereocenters. The molecule has 0 aromatic heterocycles. The van der Waals surface area contributed by atoms with E-state index in [9.17, 15) is 13.2 Å². The zero-order chi connectivity index (χ0) is 7.49. The second kappa shape index (κ2) is 3.28. The van der Waals surface area contributed by atoms with Gasteiger partial charge >= 0.3 is 5.51 Å². The Morgan fingerprint density at radius 3 is 1.44 bits per heavy atom. The molecule has 0 aliphatic heterocycles. The van der Waals surface area contributed by atoms with E-state index >= 15 is 0 Å². The molecule has 0 aromatic rings. The predicted molar refractivity (Wildman–Crippen MR) is 31.5 cm³/mol. The van der Waals surface area contributed by atoms with E-state index in [0.717, 1.165) is 0 Å². The van der Waals surface area contributed by atoms with Crippen molar-refractivity contribution in [1.29, 1.82) is 0 Å². The lowest BCUT2D eigenvalue weighted by atomic mass is 11.5. The summed E-state index contributed by atoms with van der Waals surface area (Å²) in [5.74, 6) is 0. The first-order chi connectivity index (χ1) is 4.02. The number of halogens is 3. The molecule has 0 radical (unpaired) electrons. The summed E-state index contributed by atoms with van der Waals surface area (Å²) in [5.41, 5.74) is -4.18. The van der Waals surface area contributed by atoms with Crippen molar-refractivity contribution < 1.29 is 13.2 Å². The fraction of sp³-hybridized carbons (Fsp3) is 1.00. The zero-order valence-corrected chi connectivity index (χ0v) is 5.86. The maximum Gasteiger partial charge on any atom is 0.615 e. The Morgan fingerprint density at radius 1 is 1.11 bits per heavy atom. The van der Waals surface area contributed by atoms with Crippen LogP contribution in [-0.2, 0) is 11.3 Å². The summed E-state index contributed by atoms with van der Waals surface area (Å²) in [4.78, 5) is 0. The molecule has 0 aliphatic carbocycles. The van der Waals surface area contributed by atoms with Crippen LogP contribution in [0.4, 0.5) is 13.2 Å². The van der Waals surface area contributed by atoms with Crippen molar-refractivity contribution in [2.45, 2.75) is 5.51 Å². The van der Waals surface area contributed by atoms with Gasteiger partial charge in [0.15, 0.2) is 0 Å². The van der Waals surface area contributed by atoms with Crippen molar-refractivity contribution in [2.24, 2.45) is 0 Å². The van der Waals surface area contributed by atoms with E-state index in [1.165, 1.54) is 14.1 Å². The summed E-state index contributed by atoms with van der Waals surface area (Å²) < 4.78 is 39.0. The number of alkyl halides is 3. The highest BCUT2D eigenvalue weighted by atomic mass is 32.2. The summed E-state index contributed by atoms with van der Waals surface area (Å²) in [5, 5.41) is 0. The molecule has 0 rings (SSSR count). The van der Waals surface area contributed by atoms with Crippen LogP contribution >= 0.6 is 0 Å². The lowest BCUT2D eigenvalue weighted by molar-refractivity contribution is -0.0386. The molecular formula is C3H8F3N2S+. The molecule has 0 atom stereocenters. The molecular weight excluding hydrogens is 153 g/mol. The molecule has 0 aromatic carbocycles. The molecule has 0 aliphatic rings. The van der Waals surface area contributed by atoms with E-state index in [1.54, 1.807) is 0 Å². The van der Waals surface area contributed by atoms with E-state index in [2.05, 4.69) is 9.44 Å². The minimum absolute atomic E-state index is 1.26. The summed E-state index contributed by atoms with van der Waals surface area (Å²) in [6, 6.07) is 0. The molecule has 0 spiro atoms. The van der Waals surface area contributed by atoms with Gasteiger partial charge in [0.2, 0.25) is 0 Å². The lowest BCUT2D eigenvalue weighted by Crippen LogP contribution is -2.43. The molecule has 0 heterocycles. The van der Waals surface area contributed by atoms with Gasteiger partial charge in [0.25, 0.3) is 11.3 Å². The van der Waals surface area contributed by atoms with Gasteiger partial charge in [0, 0.05) is 14.1 Å². The van der Waals surface area contributed by atoms with Crippen molar-refractivity contribution in [2.75, 3.05) is 14.1 Å². The van der Waals surface area contributed by atoms with Crippen LogP contribution in [-0.4, -0.2) is 19.6 Å². The fourth-order valence-corrected chi connectivity index (χ4v) is 1.00. The number of nitrogens with one attached hydrogen (secondary N) is 2. The largest absolute Gasteiger partial charge is 0.615 e. The SMILES string of the molecule is CN[S+](NC)C(F)(F)F. The van der Waals surface area contributed by atoms with Crippen molar-refractivity contribution in [3.63, 3.8) is 0 Å². The van der Waals surface area contributed by atoms with E-state index in [1.807, 2.05) is 0 Å². The van der Waals surface area contributed by atoms with Gasteiger partial charge in [0.05, 0.1) is 0 Å². The van der Waals surface area contributed by atoms with E-state index in [-0.39, 0.29) is 0 Å². The Kier molecular flexibility index (Phi) is 3.31. The number of rotatable bonds is 2. The van der Waals surface area contributed by atoms with Gasteiger partial charge in [-0.05, 0) is 0 Å². The molecule has 0 fully saturated rings. The van der Waals surface area contributed by atoms with Crippen LogP contribution in [0.25, 0.3) is 0 Å². The first-order valence-electron chi connectivity index (χ1n) is 2.18. The second-order valence-electron chi connectivity index (χ2n) is 1.16. The number of hydrogen-bond donors (Lipinski definition) is 2. The maximum absolute atomic E-state index is 11.6. The first-order valence-corrected chi connectivity index (χ1v) is 3.40. The monoisotopic (exact) mass is 161 g/mol. The average molecular weight is 161 g/mol. The van der Waals surface area contributed by atoms with Crippen LogP contribution in [0.1, 0.15) is 0 Å².